The summed E-state index contributed by atoms with van der Waals surface area (Å²) in [4.78, 5) is 11.7. The Hall–Kier alpha value is -1.51. The molecular formula is C17H24O3. The summed E-state index contributed by atoms with van der Waals surface area (Å²) in [6.45, 7) is 6.88. The van der Waals surface area contributed by atoms with E-state index in [1.54, 1.807) is 7.11 Å². The molecule has 0 aliphatic heterocycles. The second kappa shape index (κ2) is 5.86. The van der Waals surface area contributed by atoms with Gasteiger partial charge in [-0.3, -0.25) is 4.79 Å². The molecule has 0 heterocycles. The number of rotatable bonds is 6. The smallest absolute Gasteiger partial charge is 0.161 e. The molecule has 1 aliphatic rings. The Bertz CT molecular complexity index is 491. The van der Waals surface area contributed by atoms with E-state index in [-0.39, 0.29) is 11.3 Å². The molecule has 1 atom stereocenters. The van der Waals surface area contributed by atoms with Gasteiger partial charge >= 0.3 is 0 Å². The van der Waals surface area contributed by atoms with Crippen LogP contribution >= 0.6 is 0 Å². The molecule has 1 aliphatic carbocycles. The van der Waals surface area contributed by atoms with Crippen molar-refractivity contribution in [2.24, 2.45) is 5.41 Å². The number of benzene rings is 1. The third-order valence-electron chi connectivity index (χ3n) is 4.32. The van der Waals surface area contributed by atoms with Crippen molar-refractivity contribution < 1.29 is 14.3 Å². The largest absolute Gasteiger partial charge is 0.493 e. The molecule has 0 amide bonds. The van der Waals surface area contributed by atoms with Crippen molar-refractivity contribution in [2.45, 2.75) is 46.0 Å². The van der Waals surface area contributed by atoms with Gasteiger partial charge in [-0.1, -0.05) is 33.3 Å². The highest BCUT2D eigenvalue weighted by atomic mass is 16.5. The first-order chi connectivity index (χ1) is 9.50. The Morgan fingerprint density at radius 1 is 1.30 bits per heavy atom. The molecular weight excluding hydrogens is 252 g/mol. The molecule has 0 N–H and O–H groups in total. The van der Waals surface area contributed by atoms with Gasteiger partial charge in [-0.05, 0) is 24.1 Å². The maximum atomic E-state index is 11.7. The molecule has 0 aromatic heterocycles. The van der Waals surface area contributed by atoms with Gasteiger partial charge in [-0.2, -0.15) is 0 Å². The molecule has 0 spiro atoms. The van der Waals surface area contributed by atoms with Crippen LogP contribution in [0.5, 0.6) is 11.5 Å². The van der Waals surface area contributed by atoms with Crippen LogP contribution in [-0.4, -0.2) is 19.5 Å². The molecule has 0 radical (unpaired) electrons. The van der Waals surface area contributed by atoms with Gasteiger partial charge in [0.25, 0.3) is 0 Å². The van der Waals surface area contributed by atoms with E-state index in [0.29, 0.717) is 18.8 Å². The van der Waals surface area contributed by atoms with Crippen LogP contribution in [0.4, 0.5) is 0 Å². The number of carbonyl (C=O) groups excluding carboxylic acids is 1. The van der Waals surface area contributed by atoms with Crippen LogP contribution < -0.4 is 9.47 Å². The summed E-state index contributed by atoms with van der Waals surface area (Å²) in [6, 6.07) is 6.03. The second-order valence-corrected chi connectivity index (χ2v) is 6.01. The first-order valence-electron chi connectivity index (χ1n) is 7.34. The first kappa shape index (κ1) is 14.9. The molecule has 0 saturated heterocycles. The van der Waals surface area contributed by atoms with E-state index in [9.17, 15) is 4.79 Å². The number of carbonyl (C=O) groups is 1. The van der Waals surface area contributed by atoms with Crippen LogP contribution in [0.2, 0.25) is 0 Å². The predicted molar refractivity (Wildman–Crippen MR) is 79.5 cm³/mol. The maximum absolute atomic E-state index is 11.7. The molecule has 2 rings (SSSR count). The monoisotopic (exact) mass is 276 g/mol. The fourth-order valence-corrected chi connectivity index (χ4v) is 2.65. The predicted octanol–water partition coefficient (Wildman–Crippen LogP) is 3.96. The summed E-state index contributed by atoms with van der Waals surface area (Å²) in [5, 5.41) is 0. The van der Waals surface area contributed by atoms with Crippen molar-refractivity contribution in [1.29, 1.82) is 0 Å². The van der Waals surface area contributed by atoms with Gasteiger partial charge in [0.2, 0.25) is 0 Å². The van der Waals surface area contributed by atoms with Gasteiger partial charge in [0.15, 0.2) is 11.5 Å². The lowest BCUT2D eigenvalue weighted by atomic mass is 9.59. The Kier molecular flexibility index (Phi) is 4.36. The van der Waals surface area contributed by atoms with E-state index in [1.807, 2.05) is 26.0 Å². The number of methoxy groups -OCH3 is 1. The zero-order valence-corrected chi connectivity index (χ0v) is 12.9. The summed E-state index contributed by atoms with van der Waals surface area (Å²) in [5.41, 5.74) is 0.907. The summed E-state index contributed by atoms with van der Waals surface area (Å²) in [5.74, 6) is 2.17. The van der Waals surface area contributed by atoms with Crippen molar-refractivity contribution >= 4 is 5.78 Å². The van der Waals surface area contributed by atoms with Gasteiger partial charge in [0.1, 0.15) is 5.78 Å². The topological polar surface area (TPSA) is 35.5 Å². The number of unbranched alkanes of at least 4 members (excludes halogenated alkanes) is 1. The summed E-state index contributed by atoms with van der Waals surface area (Å²) < 4.78 is 11.2. The van der Waals surface area contributed by atoms with Crippen molar-refractivity contribution in [2.75, 3.05) is 13.7 Å². The summed E-state index contributed by atoms with van der Waals surface area (Å²) in [6.07, 6.45) is 2.78. The van der Waals surface area contributed by atoms with Crippen LogP contribution in [0, 0.1) is 5.41 Å². The molecule has 3 heteroatoms. The minimum absolute atomic E-state index is 0.254. The normalized spacial score (nSPS) is 20.4. The van der Waals surface area contributed by atoms with Gasteiger partial charge in [-0.25, -0.2) is 0 Å². The number of Topliss-reactive ketones (excluding diaryl/α,β-unsaturated/α-hetero) is 1. The maximum Gasteiger partial charge on any atom is 0.161 e. The number of hydrogen-bond donors (Lipinski definition) is 0. The molecule has 1 aromatic rings. The van der Waals surface area contributed by atoms with E-state index >= 15 is 0 Å². The molecule has 1 fully saturated rings. The summed E-state index contributed by atoms with van der Waals surface area (Å²) in [7, 11) is 1.66. The van der Waals surface area contributed by atoms with Crippen LogP contribution in [0.3, 0.4) is 0 Å². The van der Waals surface area contributed by atoms with Crippen LogP contribution in [0.25, 0.3) is 0 Å². The Labute approximate surface area is 121 Å². The number of ether oxygens (including phenoxy) is 2. The fraction of sp³-hybridized carbons (Fsp3) is 0.588. The fourth-order valence-electron chi connectivity index (χ4n) is 2.65. The molecule has 20 heavy (non-hydrogen) atoms. The van der Waals surface area contributed by atoms with Gasteiger partial charge in [0, 0.05) is 17.8 Å². The Balaban J connectivity index is 2.15. The highest BCUT2D eigenvalue weighted by Crippen LogP contribution is 2.50. The lowest BCUT2D eigenvalue weighted by Gasteiger charge is -2.43. The Morgan fingerprint density at radius 2 is 2.05 bits per heavy atom. The van der Waals surface area contributed by atoms with Crippen molar-refractivity contribution in [3.05, 3.63) is 23.8 Å². The first-order valence-corrected chi connectivity index (χ1v) is 7.34. The highest BCUT2D eigenvalue weighted by molar-refractivity contribution is 5.92. The van der Waals surface area contributed by atoms with Crippen LogP contribution in [0.1, 0.15) is 51.5 Å². The van der Waals surface area contributed by atoms with E-state index < -0.39 is 0 Å². The van der Waals surface area contributed by atoms with Crippen LogP contribution in [-0.2, 0) is 4.79 Å². The zero-order valence-electron chi connectivity index (χ0n) is 12.9. The van der Waals surface area contributed by atoms with Gasteiger partial charge < -0.3 is 9.47 Å². The Morgan fingerprint density at radius 3 is 2.60 bits per heavy atom. The molecule has 1 aromatic carbocycles. The number of ketones is 1. The molecule has 110 valence electrons. The van der Waals surface area contributed by atoms with E-state index in [0.717, 1.165) is 29.9 Å². The second-order valence-electron chi connectivity index (χ2n) is 6.01. The van der Waals surface area contributed by atoms with E-state index in [4.69, 9.17) is 9.47 Å². The molecule has 1 saturated carbocycles. The molecule has 1 unspecified atom stereocenters. The third kappa shape index (κ3) is 2.67. The van der Waals surface area contributed by atoms with Crippen molar-refractivity contribution in [1.82, 2.24) is 0 Å². The SMILES string of the molecule is CCCCOc1ccc(C2CC(=O)C2(C)C)cc1OC. The van der Waals surface area contributed by atoms with Crippen LogP contribution in [0.15, 0.2) is 18.2 Å². The lowest BCUT2D eigenvalue weighted by molar-refractivity contribution is -0.137. The zero-order chi connectivity index (χ0) is 14.8. The average Bonchev–Trinajstić information content (AvgIpc) is 2.45. The third-order valence-corrected chi connectivity index (χ3v) is 4.32. The van der Waals surface area contributed by atoms with Gasteiger partial charge in [0.05, 0.1) is 13.7 Å². The molecule has 0 bridgehead atoms. The standard InChI is InChI=1S/C17H24O3/c1-5-6-9-20-14-8-7-12(10-15(14)19-4)13-11-16(18)17(13,2)3/h7-8,10,13H,5-6,9,11H2,1-4H3. The average molecular weight is 276 g/mol. The quantitative estimate of drug-likeness (QED) is 0.738. The minimum Gasteiger partial charge on any atom is -0.493 e. The molecule has 3 nitrogen and oxygen atoms in total. The highest BCUT2D eigenvalue weighted by Gasteiger charge is 2.47. The van der Waals surface area contributed by atoms with E-state index in [2.05, 4.69) is 13.0 Å². The lowest BCUT2D eigenvalue weighted by Crippen LogP contribution is -2.43. The van der Waals surface area contributed by atoms with E-state index in [1.165, 1.54) is 0 Å². The van der Waals surface area contributed by atoms with Gasteiger partial charge in [-0.15, -0.1) is 0 Å². The van der Waals surface area contributed by atoms with Crippen molar-refractivity contribution in [3.63, 3.8) is 0 Å². The number of hydrogen-bond acceptors (Lipinski definition) is 3. The minimum atomic E-state index is -0.254. The summed E-state index contributed by atoms with van der Waals surface area (Å²) >= 11 is 0. The van der Waals surface area contributed by atoms with Crippen molar-refractivity contribution in [3.8, 4) is 11.5 Å².